The highest BCUT2D eigenvalue weighted by Crippen LogP contribution is 2.32. The second-order valence-corrected chi connectivity index (χ2v) is 8.34. The van der Waals surface area contributed by atoms with Crippen molar-refractivity contribution in [1.29, 1.82) is 0 Å². The smallest absolute Gasteiger partial charge is 0.412 e. The van der Waals surface area contributed by atoms with Crippen LogP contribution in [0.5, 0.6) is 0 Å². The van der Waals surface area contributed by atoms with Gasteiger partial charge in [0.05, 0.1) is 6.42 Å². The molecular formula is C28H26N2O5. The third-order valence-corrected chi connectivity index (χ3v) is 5.56. The van der Waals surface area contributed by atoms with Gasteiger partial charge in [-0.1, -0.05) is 84.0 Å². The highest BCUT2D eigenvalue weighted by atomic mass is 16.6. The number of aliphatic carboxylic acids is 1. The molecule has 7 nitrogen and oxygen atoms in total. The molecule has 0 saturated heterocycles. The van der Waals surface area contributed by atoms with Crippen LogP contribution in [0.1, 0.15) is 23.8 Å². The van der Waals surface area contributed by atoms with Crippen molar-refractivity contribution in [2.45, 2.75) is 32.8 Å². The Morgan fingerprint density at radius 1 is 0.914 bits per heavy atom. The number of anilines is 1. The van der Waals surface area contributed by atoms with Crippen molar-refractivity contribution in [2.75, 3.05) is 5.32 Å². The van der Waals surface area contributed by atoms with Crippen molar-refractivity contribution >= 4 is 17.7 Å². The molecule has 0 aliphatic rings. The number of hydrogen-bond donors (Lipinski definition) is 2. The van der Waals surface area contributed by atoms with E-state index in [2.05, 4.69) is 10.5 Å². The van der Waals surface area contributed by atoms with Gasteiger partial charge in [-0.05, 0) is 36.1 Å². The van der Waals surface area contributed by atoms with Crippen LogP contribution in [0.3, 0.4) is 0 Å². The van der Waals surface area contributed by atoms with Gasteiger partial charge in [-0.15, -0.1) is 0 Å². The first-order valence-corrected chi connectivity index (χ1v) is 11.3. The second kappa shape index (κ2) is 10.7. The fourth-order valence-corrected chi connectivity index (χ4v) is 3.83. The molecule has 4 rings (SSSR count). The normalized spacial score (nSPS) is 11.6. The first-order chi connectivity index (χ1) is 16.9. The Morgan fingerprint density at radius 3 is 2.14 bits per heavy atom. The number of nitrogens with one attached hydrogen (secondary N) is 1. The quantitative estimate of drug-likeness (QED) is 0.321. The van der Waals surface area contributed by atoms with Crippen LogP contribution in [0.2, 0.25) is 0 Å². The maximum Gasteiger partial charge on any atom is 0.412 e. The van der Waals surface area contributed by atoms with Crippen molar-refractivity contribution in [2.24, 2.45) is 0 Å². The van der Waals surface area contributed by atoms with E-state index in [-0.39, 0.29) is 12.5 Å². The third kappa shape index (κ3) is 6.14. The summed E-state index contributed by atoms with van der Waals surface area (Å²) in [7, 11) is 0. The van der Waals surface area contributed by atoms with Gasteiger partial charge in [0.15, 0.2) is 5.76 Å². The van der Waals surface area contributed by atoms with Gasteiger partial charge in [0.2, 0.25) is 0 Å². The van der Waals surface area contributed by atoms with Gasteiger partial charge in [0.25, 0.3) is 0 Å². The summed E-state index contributed by atoms with van der Waals surface area (Å²) in [5.41, 5.74) is 5.53. The van der Waals surface area contributed by atoms with E-state index in [9.17, 15) is 9.59 Å². The SMILES string of the molecule is Cc1onc(-c2ccc(-c3ccc(CC(=O)O)cc3)cc2)c1NC(=O)OC(C)Cc1ccccc1. The maximum atomic E-state index is 12.5. The van der Waals surface area contributed by atoms with Crippen molar-refractivity contribution in [3.63, 3.8) is 0 Å². The number of carbonyl (C=O) groups is 2. The fraction of sp³-hybridized carbons (Fsp3) is 0.179. The van der Waals surface area contributed by atoms with E-state index in [1.807, 2.05) is 85.8 Å². The molecular weight excluding hydrogens is 444 g/mol. The zero-order chi connectivity index (χ0) is 24.8. The summed E-state index contributed by atoms with van der Waals surface area (Å²) < 4.78 is 10.9. The molecule has 0 fully saturated rings. The zero-order valence-corrected chi connectivity index (χ0v) is 19.5. The molecule has 2 N–H and O–H groups in total. The molecule has 4 aromatic rings. The summed E-state index contributed by atoms with van der Waals surface area (Å²) in [6.07, 6.45) is -0.266. The summed E-state index contributed by atoms with van der Waals surface area (Å²) in [5, 5.41) is 15.8. The van der Waals surface area contributed by atoms with Gasteiger partial charge in [0, 0.05) is 12.0 Å². The predicted molar refractivity (Wildman–Crippen MR) is 133 cm³/mol. The molecule has 178 valence electrons. The van der Waals surface area contributed by atoms with Crippen molar-refractivity contribution < 1.29 is 24.0 Å². The number of rotatable bonds is 8. The number of amides is 1. The summed E-state index contributed by atoms with van der Waals surface area (Å²) in [4.78, 5) is 23.4. The molecule has 0 bridgehead atoms. The van der Waals surface area contributed by atoms with Crippen LogP contribution in [0.15, 0.2) is 83.4 Å². The minimum atomic E-state index is -0.857. The number of hydrogen-bond acceptors (Lipinski definition) is 5. The van der Waals surface area contributed by atoms with Crippen LogP contribution in [0.4, 0.5) is 10.5 Å². The minimum Gasteiger partial charge on any atom is -0.481 e. The molecule has 0 saturated carbocycles. The highest BCUT2D eigenvalue weighted by molar-refractivity contribution is 5.91. The molecule has 0 aliphatic heterocycles. The molecule has 1 aromatic heterocycles. The highest BCUT2D eigenvalue weighted by Gasteiger charge is 2.19. The number of nitrogens with zero attached hydrogens (tertiary/aromatic N) is 1. The van der Waals surface area contributed by atoms with Crippen molar-refractivity contribution in [1.82, 2.24) is 5.16 Å². The number of carboxylic acid groups (broad SMARTS) is 1. The van der Waals surface area contributed by atoms with E-state index >= 15 is 0 Å². The second-order valence-electron chi connectivity index (χ2n) is 8.34. The van der Waals surface area contributed by atoms with E-state index in [0.717, 1.165) is 27.8 Å². The molecule has 0 aliphatic carbocycles. The lowest BCUT2D eigenvalue weighted by Crippen LogP contribution is -2.22. The Kier molecular flexibility index (Phi) is 7.26. The fourth-order valence-electron chi connectivity index (χ4n) is 3.83. The average molecular weight is 471 g/mol. The van der Waals surface area contributed by atoms with Gasteiger partial charge in [0.1, 0.15) is 17.5 Å². The van der Waals surface area contributed by atoms with Crippen LogP contribution >= 0.6 is 0 Å². The van der Waals surface area contributed by atoms with E-state index in [0.29, 0.717) is 23.6 Å². The summed E-state index contributed by atoms with van der Waals surface area (Å²) in [5.74, 6) is -0.380. The van der Waals surface area contributed by atoms with E-state index in [1.165, 1.54) is 0 Å². The lowest BCUT2D eigenvalue weighted by molar-refractivity contribution is -0.136. The molecule has 0 radical (unpaired) electrons. The molecule has 3 aromatic carbocycles. The predicted octanol–water partition coefficient (Wildman–Crippen LogP) is 6.12. The molecule has 35 heavy (non-hydrogen) atoms. The van der Waals surface area contributed by atoms with E-state index < -0.39 is 12.1 Å². The third-order valence-electron chi connectivity index (χ3n) is 5.56. The van der Waals surface area contributed by atoms with Gasteiger partial charge in [-0.2, -0.15) is 0 Å². The van der Waals surface area contributed by atoms with Crippen LogP contribution in [-0.2, 0) is 22.4 Å². The molecule has 1 atom stereocenters. The number of aromatic nitrogens is 1. The lowest BCUT2D eigenvalue weighted by Gasteiger charge is -2.14. The topological polar surface area (TPSA) is 102 Å². The summed E-state index contributed by atoms with van der Waals surface area (Å²) in [6.45, 7) is 3.58. The Hall–Kier alpha value is -4.39. The molecule has 1 unspecified atom stereocenters. The van der Waals surface area contributed by atoms with Gasteiger partial charge in [-0.25, -0.2) is 4.79 Å². The molecule has 1 amide bonds. The average Bonchev–Trinajstić information content (AvgIpc) is 3.19. The largest absolute Gasteiger partial charge is 0.481 e. The van der Waals surface area contributed by atoms with Crippen LogP contribution in [0, 0.1) is 6.92 Å². The Morgan fingerprint density at radius 2 is 1.51 bits per heavy atom. The monoisotopic (exact) mass is 470 g/mol. The van der Waals surface area contributed by atoms with Gasteiger partial charge < -0.3 is 14.4 Å². The Labute approximate surface area is 203 Å². The van der Waals surface area contributed by atoms with Crippen LogP contribution in [-0.4, -0.2) is 28.4 Å². The van der Waals surface area contributed by atoms with Gasteiger partial charge >= 0.3 is 12.1 Å². The number of aryl methyl sites for hydroxylation is 1. The number of carbonyl (C=O) groups excluding carboxylic acids is 1. The lowest BCUT2D eigenvalue weighted by atomic mass is 10.0. The van der Waals surface area contributed by atoms with E-state index in [4.69, 9.17) is 14.4 Å². The van der Waals surface area contributed by atoms with Crippen molar-refractivity contribution in [3.8, 4) is 22.4 Å². The number of ether oxygens (including phenoxy) is 1. The minimum absolute atomic E-state index is 0.00598. The molecule has 7 heteroatoms. The van der Waals surface area contributed by atoms with Crippen molar-refractivity contribution in [3.05, 3.63) is 95.7 Å². The first-order valence-electron chi connectivity index (χ1n) is 11.3. The van der Waals surface area contributed by atoms with E-state index in [1.54, 1.807) is 6.92 Å². The number of benzene rings is 3. The van der Waals surface area contributed by atoms with Gasteiger partial charge in [-0.3, -0.25) is 10.1 Å². The van der Waals surface area contributed by atoms with Crippen LogP contribution < -0.4 is 5.32 Å². The summed E-state index contributed by atoms with van der Waals surface area (Å²) in [6, 6.07) is 24.9. The molecule has 0 spiro atoms. The maximum absolute atomic E-state index is 12.5. The Balaban J connectivity index is 1.44. The molecule has 1 heterocycles. The zero-order valence-electron chi connectivity index (χ0n) is 19.5. The number of carboxylic acids is 1. The Bertz CT molecular complexity index is 1300. The summed E-state index contributed by atoms with van der Waals surface area (Å²) >= 11 is 0. The standard InChI is InChI=1S/C28H26N2O5/c1-18(16-20-6-4-3-5-7-20)34-28(33)29-26-19(2)35-30-27(26)24-14-12-23(13-15-24)22-10-8-21(9-11-22)17-25(31)32/h3-15,18H,16-17H2,1-2H3,(H,29,33)(H,31,32). The first kappa shape index (κ1) is 23.8. The van der Waals surface area contributed by atoms with Crippen LogP contribution in [0.25, 0.3) is 22.4 Å².